The molecule has 0 aliphatic heterocycles. The second-order valence-corrected chi connectivity index (χ2v) is 5.29. The lowest BCUT2D eigenvalue weighted by Gasteiger charge is -2.15. The van der Waals surface area contributed by atoms with Gasteiger partial charge in [0.25, 0.3) is 0 Å². The zero-order valence-electron chi connectivity index (χ0n) is 13.4. The van der Waals surface area contributed by atoms with E-state index in [2.05, 4.69) is 34.4 Å². The predicted molar refractivity (Wildman–Crippen MR) is 84.6 cm³/mol. The zero-order valence-corrected chi connectivity index (χ0v) is 13.4. The third-order valence-electron chi connectivity index (χ3n) is 3.23. The van der Waals surface area contributed by atoms with Crippen molar-refractivity contribution >= 4 is 11.6 Å². The second-order valence-electron chi connectivity index (χ2n) is 5.29. The van der Waals surface area contributed by atoms with Crippen molar-refractivity contribution in [1.82, 2.24) is 9.97 Å². The fourth-order valence-electron chi connectivity index (χ4n) is 1.96. The molecule has 1 aromatic rings. The van der Waals surface area contributed by atoms with Gasteiger partial charge in [-0.25, -0.2) is 9.97 Å². The first-order valence-corrected chi connectivity index (χ1v) is 7.39. The molecule has 5 nitrogen and oxygen atoms in total. The topological polar surface area (TPSA) is 59.1 Å². The Kier molecular flexibility index (Phi) is 7.30. The van der Waals surface area contributed by atoms with Crippen LogP contribution in [0.1, 0.15) is 50.4 Å². The van der Waals surface area contributed by atoms with Gasteiger partial charge in [-0.15, -0.1) is 0 Å². The third-order valence-corrected chi connectivity index (χ3v) is 3.23. The minimum Gasteiger partial charge on any atom is -0.385 e. The number of nitrogens with one attached hydrogen (secondary N) is 2. The molecule has 0 radical (unpaired) electrons. The summed E-state index contributed by atoms with van der Waals surface area (Å²) in [6.45, 7) is 8.04. The Morgan fingerprint density at radius 2 is 1.80 bits per heavy atom. The first kappa shape index (κ1) is 16.7. The Hall–Kier alpha value is -1.36. The van der Waals surface area contributed by atoms with Crippen molar-refractivity contribution in [2.24, 2.45) is 0 Å². The Morgan fingerprint density at radius 1 is 1.10 bits per heavy atom. The molecule has 0 saturated carbocycles. The number of nitrogens with zero attached hydrogens (tertiary/aromatic N) is 2. The van der Waals surface area contributed by atoms with E-state index in [0.29, 0.717) is 5.92 Å². The fourth-order valence-corrected chi connectivity index (χ4v) is 1.96. The van der Waals surface area contributed by atoms with Gasteiger partial charge < -0.3 is 15.4 Å². The molecule has 0 unspecified atom stereocenters. The predicted octanol–water partition coefficient (Wildman–Crippen LogP) is 3.18. The molecule has 1 rings (SSSR count). The van der Waals surface area contributed by atoms with Crippen molar-refractivity contribution in [2.45, 2.75) is 46.0 Å². The van der Waals surface area contributed by atoms with E-state index in [1.807, 2.05) is 14.0 Å². The summed E-state index contributed by atoms with van der Waals surface area (Å²) in [6.07, 6.45) is 3.40. The monoisotopic (exact) mass is 280 g/mol. The van der Waals surface area contributed by atoms with Gasteiger partial charge in [-0.05, 0) is 26.2 Å². The first-order valence-electron chi connectivity index (χ1n) is 7.39. The minimum absolute atomic E-state index is 0.324. The van der Waals surface area contributed by atoms with Crippen LogP contribution in [0, 0.1) is 6.92 Å². The van der Waals surface area contributed by atoms with Crippen LogP contribution in [-0.4, -0.2) is 37.3 Å². The molecular formula is C15H28N4O. The van der Waals surface area contributed by atoms with Crippen molar-refractivity contribution in [3.63, 3.8) is 0 Å². The summed E-state index contributed by atoms with van der Waals surface area (Å²) in [7, 11) is 3.64. The third kappa shape index (κ3) is 4.96. The Morgan fingerprint density at radius 3 is 2.40 bits per heavy atom. The fraction of sp³-hybridized carbons (Fsp3) is 0.733. The SMILES string of the molecule is CNc1nc(C(C)C)nc(NCCCCCOC)c1C. The summed E-state index contributed by atoms with van der Waals surface area (Å²) in [5.74, 6) is 3.05. The summed E-state index contributed by atoms with van der Waals surface area (Å²) in [5, 5.41) is 6.57. The molecule has 0 fully saturated rings. The van der Waals surface area contributed by atoms with Crippen LogP contribution in [0.4, 0.5) is 11.6 Å². The number of hydrogen-bond donors (Lipinski definition) is 2. The van der Waals surface area contributed by atoms with Gasteiger partial charge in [0.05, 0.1) is 0 Å². The van der Waals surface area contributed by atoms with E-state index in [1.165, 1.54) is 6.42 Å². The molecule has 0 aromatic carbocycles. The van der Waals surface area contributed by atoms with Crippen LogP contribution in [0.2, 0.25) is 0 Å². The quantitative estimate of drug-likeness (QED) is 0.680. The number of methoxy groups -OCH3 is 1. The van der Waals surface area contributed by atoms with Crippen molar-refractivity contribution < 1.29 is 4.74 Å². The van der Waals surface area contributed by atoms with E-state index < -0.39 is 0 Å². The first-order chi connectivity index (χ1) is 9.60. The number of unbranched alkanes of at least 4 members (excludes halogenated alkanes) is 2. The number of rotatable bonds is 9. The summed E-state index contributed by atoms with van der Waals surface area (Å²) in [5.41, 5.74) is 1.08. The number of anilines is 2. The van der Waals surface area contributed by atoms with E-state index >= 15 is 0 Å². The number of hydrogen-bond acceptors (Lipinski definition) is 5. The summed E-state index contributed by atoms with van der Waals surface area (Å²) in [6, 6.07) is 0. The van der Waals surface area contributed by atoms with Gasteiger partial charge in [-0.1, -0.05) is 13.8 Å². The molecule has 0 amide bonds. The largest absolute Gasteiger partial charge is 0.385 e. The Balaban J connectivity index is 2.61. The summed E-state index contributed by atoms with van der Waals surface area (Å²) >= 11 is 0. The van der Waals surface area contributed by atoms with Gasteiger partial charge >= 0.3 is 0 Å². The second kappa shape index (κ2) is 8.74. The molecule has 0 bridgehead atoms. The smallest absolute Gasteiger partial charge is 0.135 e. The highest BCUT2D eigenvalue weighted by Crippen LogP contribution is 2.22. The van der Waals surface area contributed by atoms with Crippen LogP contribution in [-0.2, 0) is 4.74 Å². The van der Waals surface area contributed by atoms with Gasteiger partial charge in [0.2, 0.25) is 0 Å². The van der Waals surface area contributed by atoms with Crippen molar-refractivity contribution in [2.75, 3.05) is 37.9 Å². The Bertz CT molecular complexity index is 407. The van der Waals surface area contributed by atoms with E-state index in [9.17, 15) is 0 Å². The molecule has 0 aliphatic rings. The van der Waals surface area contributed by atoms with Gasteiger partial charge in [-0.2, -0.15) is 0 Å². The lowest BCUT2D eigenvalue weighted by Crippen LogP contribution is -2.11. The van der Waals surface area contributed by atoms with Gasteiger partial charge in [0.1, 0.15) is 17.5 Å². The van der Waals surface area contributed by atoms with E-state index in [4.69, 9.17) is 4.74 Å². The summed E-state index contributed by atoms with van der Waals surface area (Å²) in [4.78, 5) is 9.17. The maximum absolute atomic E-state index is 5.05. The van der Waals surface area contributed by atoms with E-state index in [0.717, 1.165) is 49.0 Å². The standard InChI is InChI=1S/C15H28N4O/c1-11(2)13-18-14(16-4)12(3)15(19-13)17-9-7-6-8-10-20-5/h11H,6-10H2,1-5H3,(H2,16,17,18,19). The molecule has 0 spiro atoms. The van der Waals surface area contributed by atoms with Crippen molar-refractivity contribution in [3.05, 3.63) is 11.4 Å². The molecular weight excluding hydrogens is 252 g/mol. The number of aromatic nitrogens is 2. The van der Waals surface area contributed by atoms with Gasteiger partial charge in [0, 0.05) is 38.8 Å². The molecule has 1 heterocycles. The van der Waals surface area contributed by atoms with Crippen LogP contribution < -0.4 is 10.6 Å². The average Bonchev–Trinajstić information content (AvgIpc) is 2.44. The van der Waals surface area contributed by atoms with Crippen molar-refractivity contribution in [3.8, 4) is 0 Å². The maximum atomic E-state index is 5.05. The molecule has 0 saturated heterocycles. The molecule has 0 aliphatic carbocycles. The van der Waals surface area contributed by atoms with Crippen LogP contribution in [0.25, 0.3) is 0 Å². The lowest BCUT2D eigenvalue weighted by atomic mass is 10.2. The normalized spacial score (nSPS) is 10.9. The van der Waals surface area contributed by atoms with Crippen LogP contribution in [0.5, 0.6) is 0 Å². The molecule has 5 heteroatoms. The maximum Gasteiger partial charge on any atom is 0.135 e. The van der Waals surface area contributed by atoms with Crippen LogP contribution in [0.3, 0.4) is 0 Å². The summed E-state index contributed by atoms with van der Waals surface area (Å²) < 4.78 is 5.05. The molecule has 2 N–H and O–H groups in total. The van der Waals surface area contributed by atoms with E-state index in [-0.39, 0.29) is 0 Å². The molecule has 20 heavy (non-hydrogen) atoms. The van der Waals surface area contributed by atoms with Gasteiger partial charge in [-0.3, -0.25) is 0 Å². The van der Waals surface area contributed by atoms with Crippen molar-refractivity contribution in [1.29, 1.82) is 0 Å². The molecule has 114 valence electrons. The Labute approximate surface area is 122 Å². The average molecular weight is 280 g/mol. The van der Waals surface area contributed by atoms with Crippen LogP contribution >= 0.6 is 0 Å². The number of ether oxygens (including phenoxy) is 1. The highest BCUT2D eigenvalue weighted by atomic mass is 16.5. The molecule has 0 atom stereocenters. The lowest BCUT2D eigenvalue weighted by molar-refractivity contribution is 0.192. The van der Waals surface area contributed by atoms with E-state index in [1.54, 1.807) is 7.11 Å². The zero-order chi connectivity index (χ0) is 15.0. The highest BCUT2D eigenvalue weighted by Gasteiger charge is 2.11. The van der Waals surface area contributed by atoms with Gasteiger partial charge in [0.15, 0.2) is 0 Å². The molecule has 1 aromatic heterocycles. The highest BCUT2D eigenvalue weighted by molar-refractivity contribution is 5.57. The minimum atomic E-state index is 0.324. The van der Waals surface area contributed by atoms with Crippen LogP contribution in [0.15, 0.2) is 0 Å².